The van der Waals surface area contributed by atoms with Gasteiger partial charge in [-0.1, -0.05) is 12.1 Å². The van der Waals surface area contributed by atoms with E-state index in [4.69, 9.17) is 0 Å². The molecule has 2 heterocycles. The smallest absolute Gasteiger partial charge is 0.261 e. The molecule has 9 heteroatoms. The fourth-order valence-corrected chi connectivity index (χ4v) is 4.71. The second kappa shape index (κ2) is 7.19. The minimum atomic E-state index is -3.89. The van der Waals surface area contributed by atoms with Gasteiger partial charge in [0.1, 0.15) is 5.82 Å². The van der Waals surface area contributed by atoms with E-state index in [0.717, 1.165) is 22.0 Å². The minimum Gasteiger partial charge on any atom is -0.304 e. The van der Waals surface area contributed by atoms with E-state index in [1.165, 1.54) is 25.2 Å². The summed E-state index contributed by atoms with van der Waals surface area (Å²) in [6, 6.07) is 10.9. The first kappa shape index (κ1) is 20.0. The minimum absolute atomic E-state index is 0.0600. The summed E-state index contributed by atoms with van der Waals surface area (Å²) < 4.78 is 30.3. The topological polar surface area (TPSA) is 101 Å². The Morgan fingerprint density at radius 1 is 1.00 bits per heavy atom. The number of nitrogens with zero attached hydrogens (tertiary/aromatic N) is 3. The van der Waals surface area contributed by atoms with Gasteiger partial charge in [0, 0.05) is 31.2 Å². The summed E-state index contributed by atoms with van der Waals surface area (Å²) in [5.41, 5.74) is 2.01. The van der Waals surface area contributed by atoms with Crippen molar-refractivity contribution in [3.8, 4) is 5.69 Å². The molecular weight excluding hydrogens is 404 g/mol. The second-order valence-corrected chi connectivity index (χ2v) is 8.87. The molecule has 2 aromatic carbocycles. The van der Waals surface area contributed by atoms with Crippen LogP contribution >= 0.6 is 0 Å². The Hall–Kier alpha value is -3.30. The van der Waals surface area contributed by atoms with Crippen molar-refractivity contribution in [1.82, 2.24) is 19.2 Å². The summed E-state index contributed by atoms with van der Waals surface area (Å²) >= 11 is 0. The summed E-state index contributed by atoms with van der Waals surface area (Å²) in [6.07, 6.45) is 3.57. The van der Waals surface area contributed by atoms with E-state index in [0.29, 0.717) is 0 Å². The van der Waals surface area contributed by atoms with Crippen LogP contribution in [0.25, 0.3) is 5.69 Å². The molecule has 0 radical (unpaired) electrons. The lowest BCUT2D eigenvalue weighted by atomic mass is 10.1. The van der Waals surface area contributed by atoms with Crippen LogP contribution in [-0.4, -0.2) is 41.7 Å². The molecule has 0 spiro atoms. The van der Waals surface area contributed by atoms with Gasteiger partial charge in [0.25, 0.3) is 11.8 Å². The molecule has 0 aliphatic carbocycles. The van der Waals surface area contributed by atoms with Crippen molar-refractivity contribution in [3.05, 3.63) is 77.4 Å². The molecule has 3 aromatic rings. The number of carbonyl (C=O) groups excluding carboxylic acids is 2. The number of benzene rings is 2. The standard InChI is InChI=1S/C21H20N4O4S/c1-13(15-4-6-16(7-5-15)25-11-10-22-14(25)2)23-30(28,29)17-8-9-18-19(12-17)21(27)24(3)20(18)26/h4-13,23H,1-3H3/t13-/m1/s1. The highest BCUT2D eigenvalue weighted by molar-refractivity contribution is 7.89. The van der Waals surface area contributed by atoms with Crippen LogP contribution in [0.3, 0.4) is 0 Å². The maximum atomic E-state index is 12.9. The predicted molar refractivity (Wildman–Crippen MR) is 110 cm³/mol. The molecule has 154 valence electrons. The van der Waals surface area contributed by atoms with Crippen LogP contribution in [0.2, 0.25) is 0 Å². The fourth-order valence-electron chi connectivity index (χ4n) is 3.45. The fraction of sp³-hybridized carbons (Fsp3) is 0.190. The zero-order chi connectivity index (χ0) is 21.6. The molecule has 30 heavy (non-hydrogen) atoms. The quantitative estimate of drug-likeness (QED) is 0.634. The Balaban J connectivity index is 1.56. The number of nitrogens with one attached hydrogen (secondary N) is 1. The number of sulfonamides is 1. The van der Waals surface area contributed by atoms with Crippen molar-refractivity contribution in [3.63, 3.8) is 0 Å². The Labute approximate surface area is 174 Å². The zero-order valence-corrected chi connectivity index (χ0v) is 17.5. The first-order chi connectivity index (χ1) is 14.2. The molecule has 1 aliphatic rings. The summed E-state index contributed by atoms with van der Waals surface area (Å²) in [5.74, 6) is -0.0919. The van der Waals surface area contributed by atoms with Crippen LogP contribution in [0.5, 0.6) is 0 Å². The Kier molecular flexibility index (Phi) is 4.79. The molecule has 4 rings (SSSR count). The third-order valence-corrected chi connectivity index (χ3v) is 6.74. The number of imide groups is 1. The maximum Gasteiger partial charge on any atom is 0.261 e. The van der Waals surface area contributed by atoms with Crippen LogP contribution in [0.15, 0.2) is 59.8 Å². The molecule has 1 N–H and O–H groups in total. The van der Waals surface area contributed by atoms with E-state index < -0.39 is 27.9 Å². The van der Waals surface area contributed by atoms with Gasteiger partial charge in [-0.2, -0.15) is 0 Å². The molecule has 1 aromatic heterocycles. The first-order valence-corrected chi connectivity index (χ1v) is 10.8. The highest BCUT2D eigenvalue weighted by Crippen LogP contribution is 2.26. The average Bonchev–Trinajstić information content (AvgIpc) is 3.25. The van der Waals surface area contributed by atoms with Crippen LogP contribution in [-0.2, 0) is 10.0 Å². The predicted octanol–water partition coefficient (Wildman–Crippen LogP) is 2.45. The number of fused-ring (bicyclic) bond motifs is 1. The van der Waals surface area contributed by atoms with Gasteiger partial charge < -0.3 is 4.57 Å². The number of hydrogen-bond donors (Lipinski definition) is 1. The highest BCUT2D eigenvalue weighted by Gasteiger charge is 2.34. The number of amides is 2. The number of rotatable bonds is 5. The lowest BCUT2D eigenvalue weighted by Crippen LogP contribution is -2.27. The van der Waals surface area contributed by atoms with Crippen molar-refractivity contribution in [1.29, 1.82) is 0 Å². The number of aromatic nitrogens is 2. The summed E-state index contributed by atoms with van der Waals surface area (Å²) in [7, 11) is -2.53. The number of imidazole rings is 1. The van der Waals surface area contributed by atoms with Crippen LogP contribution in [0.4, 0.5) is 0 Å². The van der Waals surface area contributed by atoms with E-state index in [1.807, 2.05) is 42.0 Å². The number of hydrogen-bond acceptors (Lipinski definition) is 5. The third kappa shape index (κ3) is 3.31. The van der Waals surface area contributed by atoms with Gasteiger partial charge in [0.05, 0.1) is 16.0 Å². The lowest BCUT2D eigenvalue weighted by Gasteiger charge is -2.16. The lowest BCUT2D eigenvalue weighted by molar-refractivity contribution is 0.0693. The van der Waals surface area contributed by atoms with Gasteiger partial charge >= 0.3 is 0 Å². The van der Waals surface area contributed by atoms with E-state index in [-0.39, 0.29) is 16.0 Å². The van der Waals surface area contributed by atoms with Crippen molar-refractivity contribution in [2.24, 2.45) is 0 Å². The molecule has 1 atom stereocenters. The van der Waals surface area contributed by atoms with Gasteiger partial charge in [-0.3, -0.25) is 14.5 Å². The zero-order valence-electron chi connectivity index (χ0n) is 16.7. The van der Waals surface area contributed by atoms with Crippen LogP contribution in [0, 0.1) is 6.92 Å². The molecule has 1 aliphatic heterocycles. The van der Waals surface area contributed by atoms with E-state index in [1.54, 1.807) is 13.1 Å². The molecule has 8 nitrogen and oxygen atoms in total. The van der Waals surface area contributed by atoms with Crippen LogP contribution in [0.1, 0.15) is 45.1 Å². The van der Waals surface area contributed by atoms with E-state index >= 15 is 0 Å². The molecule has 0 saturated carbocycles. The third-order valence-electron chi connectivity index (χ3n) is 5.20. The highest BCUT2D eigenvalue weighted by atomic mass is 32.2. The van der Waals surface area contributed by atoms with Crippen LogP contribution < -0.4 is 4.72 Å². The Morgan fingerprint density at radius 2 is 1.67 bits per heavy atom. The van der Waals surface area contributed by atoms with Gasteiger partial charge in [-0.25, -0.2) is 18.1 Å². The van der Waals surface area contributed by atoms with Crippen molar-refractivity contribution >= 4 is 21.8 Å². The maximum absolute atomic E-state index is 12.9. The number of carbonyl (C=O) groups is 2. The molecule has 0 saturated heterocycles. The van der Waals surface area contributed by atoms with Crippen molar-refractivity contribution in [2.75, 3.05) is 7.05 Å². The molecule has 0 bridgehead atoms. The Morgan fingerprint density at radius 3 is 2.30 bits per heavy atom. The van der Waals surface area contributed by atoms with E-state index in [9.17, 15) is 18.0 Å². The van der Waals surface area contributed by atoms with Gasteiger partial charge in [0.15, 0.2) is 0 Å². The molecular formula is C21H20N4O4S. The average molecular weight is 424 g/mol. The molecule has 0 unspecified atom stereocenters. The summed E-state index contributed by atoms with van der Waals surface area (Å²) in [4.78, 5) is 29.3. The normalized spacial score (nSPS) is 14.8. The van der Waals surface area contributed by atoms with Gasteiger partial charge in [0.2, 0.25) is 10.0 Å². The van der Waals surface area contributed by atoms with Crippen molar-refractivity contribution in [2.45, 2.75) is 24.8 Å². The molecule has 0 fully saturated rings. The first-order valence-electron chi connectivity index (χ1n) is 9.28. The second-order valence-electron chi connectivity index (χ2n) is 7.16. The SMILES string of the molecule is Cc1nccn1-c1ccc([C@@H](C)NS(=O)(=O)c2ccc3c(c2)C(=O)N(C)C3=O)cc1. The van der Waals surface area contributed by atoms with Gasteiger partial charge in [-0.15, -0.1) is 0 Å². The monoisotopic (exact) mass is 424 g/mol. The van der Waals surface area contributed by atoms with Gasteiger partial charge in [-0.05, 0) is 49.7 Å². The van der Waals surface area contributed by atoms with Crippen molar-refractivity contribution < 1.29 is 18.0 Å². The number of aryl methyl sites for hydroxylation is 1. The summed E-state index contributed by atoms with van der Waals surface area (Å²) in [5, 5.41) is 0. The largest absolute Gasteiger partial charge is 0.304 e. The Bertz CT molecular complexity index is 1260. The van der Waals surface area contributed by atoms with E-state index in [2.05, 4.69) is 9.71 Å². The molecule has 2 amide bonds. The summed E-state index contributed by atoms with van der Waals surface area (Å²) in [6.45, 7) is 3.64.